The first-order chi connectivity index (χ1) is 11.5. The number of aromatic nitrogens is 2. The smallest absolute Gasteiger partial charge is 0.253 e. The van der Waals surface area contributed by atoms with Gasteiger partial charge in [-0.2, -0.15) is 0 Å². The maximum absolute atomic E-state index is 12.5. The van der Waals surface area contributed by atoms with Crippen LogP contribution < -0.4 is 5.32 Å². The lowest BCUT2D eigenvalue weighted by Crippen LogP contribution is -2.23. The molecule has 0 saturated carbocycles. The van der Waals surface area contributed by atoms with Crippen molar-refractivity contribution in [3.8, 4) is 5.69 Å². The second-order valence-electron chi connectivity index (χ2n) is 5.72. The molecule has 0 aliphatic heterocycles. The number of amides is 1. The maximum Gasteiger partial charge on any atom is 0.253 e. The van der Waals surface area contributed by atoms with E-state index in [2.05, 4.69) is 31.0 Å². The average molecular weight is 388 g/mol. The minimum Gasteiger partial charge on any atom is -0.359 e. The fourth-order valence-electron chi connectivity index (χ4n) is 2.77. The monoisotopic (exact) mass is 387 g/mol. The molecule has 1 aromatic carbocycles. The Labute approximate surface area is 148 Å². The van der Waals surface area contributed by atoms with E-state index in [0.29, 0.717) is 17.9 Å². The molecule has 124 valence electrons. The Hall–Kier alpha value is -2.34. The van der Waals surface area contributed by atoms with Crippen molar-refractivity contribution in [2.75, 3.05) is 0 Å². The van der Waals surface area contributed by atoms with Gasteiger partial charge < -0.3 is 14.4 Å². The average Bonchev–Trinajstić information content (AvgIpc) is 3.08. The molecule has 6 heteroatoms. The number of benzene rings is 1. The number of hydrogen-bond acceptors (Lipinski definition) is 3. The second kappa shape index (κ2) is 6.65. The Bertz CT molecular complexity index is 896. The van der Waals surface area contributed by atoms with Gasteiger partial charge in [0.1, 0.15) is 0 Å². The summed E-state index contributed by atoms with van der Waals surface area (Å²) in [6.07, 6.45) is 0. The van der Waals surface area contributed by atoms with Gasteiger partial charge in [-0.25, -0.2) is 0 Å². The fourth-order valence-corrected chi connectivity index (χ4v) is 3.15. The zero-order valence-corrected chi connectivity index (χ0v) is 15.3. The normalized spacial score (nSPS) is 10.8. The summed E-state index contributed by atoms with van der Waals surface area (Å²) in [5.41, 5.74) is 4.38. The summed E-state index contributed by atoms with van der Waals surface area (Å²) in [5.74, 6) is 0.514. The minimum atomic E-state index is -0.126. The van der Waals surface area contributed by atoms with Gasteiger partial charge in [0, 0.05) is 27.6 Å². The van der Waals surface area contributed by atoms with Crippen LogP contribution in [-0.4, -0.2) is 15.6 Å². The van der Waals surface area contributed by atoms with Crippen LogP contribution in [0.25, 0.3) is 5.69 Å². The summed E-state index contributed by atoms with van der Waals surface area (Å²) in [7, 11) is 0. The van der Waals surface area contributed by atoms with Gasteiger partial charge in [0.2, 0.25) is 0 Å². The van der Waals surface area contributed by atoms with Crippen molar-refractivity contribution in [3.63, 3.8) is 0 Å². The zero-order chi connectivity index (χ0) is 17.3. The van der Waals surface area contributed by atoms with Crippen LogP contribution in [0.3, 0.4) is 0 Å². The lowest BCUT2D eigenvalue weighted by molar-refractivity contribution is 0.0946. The molecule has 2 aromatic heterocycles. The molecule has 1 amide bonds. The molecular weight excluding hydrogens is 370 g/mol. The number of rotatable bonds is 4. The van der Waals surface area contributed by atoms with Crippen molar-refractivity contribution in [3.05, 3.63) is 69.3 Å². The Kier molecular flexibility index (Phi) is 4.57. The number of carbonyl (C=O) groups is 1. The molecule has 0 fully saturated rings. The molecule has 0 spiro atoms. The van der Waals surface area contributed by atoms with E-state index in [0.717, 1.165) is 27.2 Å². The van der Waals surface area contributed by atoms with Crippen LogP contribution in [0, 0.1) is 20.8 Å². The number of carbonyl (C=O) groups excluding carboxylic acids is 1. The Morgan fingerprint density at radius 2 is 2.04 bits per heavy atom. The first kappa shape index (κ1) is 16.5. The van der Waals surface area contributed by atoms with E-state index < -0.39 is 0 Å². The Balaban J connectivity index is 1.84. The van der Waals surface area contributed by atoms with Crippen LogP contribution in [-0.2, 0) is 6.54 Å². The molecule has 0 saturated heterocycles. The summed E-state index contributed by atoms with van der Waals surface area (Å²) < 4.78 is 8.18. The highest BCUT2D eigenvalue weighted by Gasteiger charge is 2.17. The molecule has 24 heavy (non-hydrogen) atoms. The number of aryl methyl sites for hydroxylation is 2. The van der Waals surface area contributed by atoms with Gasteiger partial charge in [-0.15, -0.1) is 0 Å². The second-order valence-corrected chi connectivity index (χ2v) is 6.63. The fraction of sp³-hybridized carbons (Fsp3) is 0.222. The van der Waals surface area contributed by atoms with Crippen molar-refractivity contribution in [2.45, 2.75) is 27.3 Å². The van der Waals surface area contributed by atoms with E-state index in [4.69, 9.17) is 4.52 Å². The van der Waals surface area contributed by atoms with E-state index in [9.17, 15) is 4.79 Å². The summed E-state index contributed by atoms with van der Waals surface area (Å²) in [5, 5.41) is 6.69. The standard InChI is InChI=1S/C18H18BrN3O2/c1-11-7-16(24-21-11)10-20-18(23)17-8-12(2)22(13(17)3)15-6-4-5-14(19)9-15/h4-9H,10H2,1-3H3,(H,20,23). The van der Waals surface area contributed by atoms with E-state index in [-0.39, 0.29) is 5.91 Å². The number of nitrogens with zero attached hydrogens (tertiary/aromatic N) is 2. The van der Waals surface area contributed by atoms with Crippen molar-refractivity contribution in [2.24, 2.45) is 0 Å². The van der Waals surface area contributed by atoms with E-state index >= 15 is 0 Å². The quantitative estimate of drug-likeness (QED) is 0.733. The van der Waals surface area contributed by atoms with Gasteiger partial charge >= 0.3 is 0 Å². The van der Waals surface area contributed by atoms with Crippen molar-refractivity contribution in [1.82, 2.24) is 15.0 Å². The van der Waals surface area contributed by atoms with E-state index in [1.807, 2.05) is 57.2 Å². The van der Waals surface area contributed by atoms with Gasteiger partial charge in [-0.05, 0) is 45.0 Å². The van der Waals surface area contributed by atoms with E-state index in [1.54, 1.807) is 0 Å². The molecule has 0 radical (unpaired) electrons. The third-order valence-electron chi connectivity index (χ3n) is 3.84. The zero-order valence-electron chi connectivity index (χ0n) is 13.8. The third-order valence-corrected chi connectivity index (χ3v) is 4.34. The summed E-state index contributed by atoms with van der Waals surface area (Å²) in [6.45, 7) is 6.10. The molecule has 3 rings (SSSR count). The predicted octanol–water partition coefficient (Wildman–Crippen LogP) is 4.08. The van der Waals surface area contributed by atoms with Crippen LogP contribution >= 0.6 is 15.9 Å². The highest BCUT2D eigenvalue weighted by molar-refractivity contribution is 9.10. The predicted molar refractivity (Wildman–Crippen MR) is 95.4 cm³/mol. The number of nitrogens with one attached hydrogen (secondary N) is 1. The molecular formula is C18H18BrN3O2. The Morgan fingerprint density at radius 3 is 2.71 bits per heavy atom. The molecule has 0 aliphatic rings. The molecule has 0 aliphatic carbocycles. The molecule has 0 unspecified atom stereocenters. The highest BCUT2D eigenvalue weighted by atomic mass is 79.9. The lowest BCUT2D eigenvalue weighted by Gasteiger charge is -2.10. The molecule has 1 N–H and O–H groups in total. The van der Waals surface area contributed by atoms with Crippen molar-refractivity contribution >= 4 is 21.8 Å². The largest absolute Gasteiger partial charge is 0.359 e. The van der Waals surface area contributed by atoms with Crippen LogP contribution in [0.1, 0.15) is 33.2 Å². The Morgan fingerprint density at radius 1 is 1.25 bits per heavy atom. The topological polar surface area (TPSA) is 60.1 Å². The maximum atomic E-state index is 12.5. The first-order valence-corrected chi connectivity index (χ1v) is 8.40. The summed E-state index contributed by atoms with van der Waals surface area (Å²) in [6, 6.07) is 11.7. The first-order valence-electron chi connectivity index (χ1n) is 7.61. The van der Waals surface area contributed by atoms with Crippen molar-refractivity contribution in [1.29, 1.82) is 0 Å². The third kappa shape index (κ3) is 3.28. The van der Waals surface area contributed by atoms with Gasteiger partial charge in [-0.1, -0.05) is 27.2 Å². The van der Waals surface area contributed by atoms with Gasteiger partial charge in [0.25, 0.3) is 5.91 Å². The lowest BCUT2D eigenvalue weighted by atomic mass is 10.2. The molecule has 0 bridgehead atoms. The SMILES string of the molecule is Cc1cc(CNC(=O)c2cc(C)n(-c3cccc(Br)c3)c2C)on1. The highest BCUT2D eigenvalue weighted by Crippen LogP contribution is 2.23. The van der Waals surface area contributed by atoms with E-state index in [1.165, 1.54) is 0 Å². The van der Waals surface area contributed by atoms with Gasteiger partial charge in [0.15, 0.2) is 5.76 Å². The van der Waals surface area contributed by atoms with Crippen LogP contribution in [0.5, 0.6) is 0 Å². The van der Waals surface area contributed by atoms with Crippen LogP contribution in [0.15, 0.2) is 45.4 Å². The van der Waals surface area contributed by atoms with Crippen LogP contribution in [0.4, 0.5) is 0 Å². The molecule has 3 aromatic rings. The molecule has 5 nitrogen and oxygen atoms in total. The van der Waals surface area contributed by atoms with Gasteiger partial charge in [-0.3, -0.25) is 4.79 Å². The molecule has 2 heterocycles. The number of halogens is 1. The molecule has 0 atom stereocenters. The summed E-state index contributed by atoms with van der Waals surface area (Å²) in [4.78, 5) is 12.5. The van der Waals surface area contributed by atoms with Crippen molar-refractivity contribution < 1.29 is 9.32 Å². The summed E-state index contributed by atoms with van der Waals surface area (Å²) >= 11 is 3.49. The minimum absolute atomic E-state index is 0.126. The van der Waals surface area contributed by atoms with Gasteiger partial charge in [0.05, 0.1) is 17.8 Å². The van der Waals surface area contributed by atoms with Crippen LogP contribution in [0.2, 0.25) is 0 Å². The number of hydrogen-bond donors (Lipinski definition) is 1.